The minimum Gasteiger partial charge on any atom is -0.496 e. The summed E-state index contributed by atoms with van der Waals surface area (Å²) in [6, 6.07) is 3.45. The van der Waals surface area contributed by atoms with Gasteiger partial charge in [-0.05, 0) is 12.5 Å². The first-order valence-corrected chi connectivity index (χ1v) is 5.34. The Kier molecular flexibility index (Phi) is 4.84. The third kappa shape index (κ3) is 2.91. The van der Waals surface area contributed by atoms with Crippen molar-refractivity contribution in [2.45, 2.75) is 12.5 Å². The van der Waals surface area contributed by atoms with Crippen molar-refractivity contribution in [3.05, 3.63) is 30.4 Å². The molecule has 0 saturated heterocycles. The molecule has 0 bridgehead atoms. The van der Waals surface area contributed by atoms with Crippen LogP contribution in [0.5, 0.6) is 17.2 Å². The summed E-state index contributed by atoms with van der Waals surface area (Å²) in [5.41, 5.74) is 6.93. The van der Waals surface area contributed by atoms with Crippen LogP contribution >= 0.6 is 0 Å². The van der Waals surface area contributed by atoms with Crippen LogP contribution in [0, 0.1) is 0 Å². The summed E-state index contributed by atoms with van der Waals surface area (Å²) in [5.74, 6) is 1.96. The SMILES string of the molecule is C=CCC(N)c1cc(OC)c(OC)cc1OC. The Morgan fingerprint density at radius 3 is 2.12 bits per heavy atom. The van der Waals surface area contributed by atoms with Crippen LogP contribution in [-0.2, 0) is 0 Å². The first-order chi connectivity index (χ1) is 8.17. The van der Waals surface area contributed by atoms with E-state index in [4.69, 9.17) is 19.9 Å². The Bertz CT molecular complexity index is 390. The lowest BCUT2D eigenvalue weighted by Gasteiger charge is -2.17. The van der Waals surface area contributed by atoms with Crippen LogP contribution in [0.4, 0.5) is 0 Å². The van der Waals surface area contributed by atoms with Crippen molar-refractivity contribution in [1.29, 1.82) is 0 Å². The molecule has 1 atom stereocenters. The maximum atomic E-state index is 6.05. The van der Waals surface area contributed by atoms with Crippen molar-refractivity contribution in [2.75, 3.05) is 21.3 Å². The van der Waals surface area contributed by atoms with Crippen molar-refractivity contribution in [1.82, 2.24) is 0 Å². The number of rotatable bonds is 6. The number of hydrogen-bond donors (Lipinski definition) is 1. The zero-order chi connectivity index (χ0) is 12.8. The minimum atomic E-state index is -0.165. The molecule has 4 heteroatoms. The van der Waals surface area contributed by atoms with Gasteiger partial charge in [-0.15, -0.1) is 6.58 Å². The quantitative estimate of drug-likeness (QED) is 0.771. The summed E-state index contributed by atoms with van der Waals surface area (Å²) < 4.78 is 15.8. The Labute approximate surface area is 102 Å². The van der Waals surface area contributed by atoms with Gasteiger partial charge >= 0.3 is 0 Å². The topological polar surface area (TPSA) is 53.7 Å². The van der Waals surface area contributed by atoms with Gasteiger partial charge in [-0.25, -0.2) is 0 Å². The van der Waals surface area contributed by atoms with E-state index >= 15 is 0 Å². The van der Waals surface area contributed by atoms with E-state index in [-0.39, 0.29) is 6.04 Å². The average molecular weight is 237 g/mol. The van der Waals surface area contributed by atoms with Gasteiger partial charge in [-0.1, -0.05) is 6.08 Å². The van der Waals surface area contributed by atoms with E-state index in [1.165, 1.54) is 0 Å². The van der Waals surface area contributed by atoms with Gasteiger partial charge in [0.2, 0.25) is 0 Å². The molecule has 1 rings (SSSR count). The molecule has 0 heterocycles. The Hall–Kier alpha value is -1.68. The number of hydrogen-bond acceptors (Lipinski definition) is 4. The summed E-state index contributed by atoms with van der Waals surface area (Å²) in [5, 5.41) is 0. The fraction of sp³-hybridized carbons (Fsp3) is 0.385. The van der Waals surface area contributed by atoms with Crippen LogP contribution in [0.3, 0.4) is 0 Å². The third-order valence-corrected chi connectivity index (χ3v) is 2.56. The van der Waals surface area contributed by atoms with Crippen LogP contribution in [-0.4, -0.2) is 21.3 Å². The molecule has 0 aliphatic heterocycles. The van der Waals surface area contributed by atoms with Gasteiger partial charge in [0, 0.05) is 17.7 Å². The van der Waals surface area contributed by atoms with Gasteiger partial charge in [0.05, 0.1) is 21.3 Å². The molecular weight excluding hydrogens is 218 g/mol. The highest BCUT2D eigenvalue weighted by Crippen LogP contribution is 2.37. The molecule has 0 spiro atoms. The predicted molar refractivity (Wildman–Crippen MR) is 67.8 cm³/mol. The standard InChI is InChI=1S/C13H19NO3/c1-5-6-10(14)9-7-12(16-3)13(17-4)8-11(9)15-2/h5,7-8,10H,1,6,14H2,2-4H3. The van der Waals surface area contributed by atoms with Gasteiger partial charge in [0.15, 0.2) is 11.5 Å². The summed E-state index contributed by atoms with van der Waals surface area (Å²) in [6.45, 7) is 3.68. The zero-order valence-electron chi connectivity index (χ0n) is 10.5. The normalized spacial score (nSPS) is 11.8. The van der Waals surface area contributed by atoms with Crippen LogP contribution in [0.1, 0.15) is 18.0 Å². The molecule has 0 amide bonds. The van der Waals surface area contributed by atoms with E-state index in [9.17, 15) is 0 Å². The molecule has 0 radical (unpaired) electrons. The van der Waals surface area contributed by atoms with Crippen molar-refractivity contribution >= 4 is 0 Å². The summed E-state index contributed by atoms with van der Waals surface area (Å²) in [6.07, 6.45) is 2.45. The van der Waals surface area contributed by atoms with Gasteiger partial charge < -0.3 is 19.9 Å². The molecule has 0 aliphatic rings. The van der Waals surface area contributed by atoms with E-state index in [0.717, 1.165) is 5.56 Å². The molecule has 1 aromatic carbocycles. The molecule has 0 saturated carbocycles. The number of benzene rings is 1. The Morgan fingerprint density at radius 1 is 1.12 bits per heavy atom. The number of methoxy groups -OCH3 is 3. The second kappa shape index (κ2) is 6.15. The molecule has 2 N–H and O–H groups in total. The third-order valence-electron chi connectivity index (χ3n) is 2.56. The van der Waals surface area contributed by atoms with Gasteiger partial charge in [0.1, 0.15) is 5.75 Å². The maximum Gasteiger partial charge on any atom is 0.164 e. The van der Waals surface area contributed by atoms with E-state index in [2.05, 4.69) is 6.58 Å². The van der Waals surface area contributed by atoms with Crippen molar-refractivity contribution in [3.63, 3.8) is 0 Å². The molecule has 0 fully saturated rings. The first kappa shape index (κ1) is 13.4. The highest BCUT2D eigenvalue weighted by molar-refractivity contribution is 5.51. The molecule has 1 aromatic rings. The highest BCUT2D eigenvalue weighted by atomic mass is 16.5. The van der Waals surface area contributed by atoms with Crippen LogP contribution in [0.2, 0.25) is 0 Å². The summed E-state index contributed by atoms with van der Waals surface area (Å²) >= 11 is 0. The van der Waals surface area contributed by atoms with Crippen molar-refractivity contribution in [2.24, 2.45) is 5.73 Å². The lowest BCUT2D eigenvalue weighted by Crippen LogP contribution is -2.11. The molecular formula is C13H19NO3. The van der Waals surface area contributed by atoms with Crippen LogP contribution in [0.15, 0.2) is 24.8 Å². The lowest BCUT2D eigenvalue weighted by atomic mass is 10.0. The minimum absolute atomic E-state index is 0.165. The highest BCUT2D eigenvalue weighted by Gasteiger charge is 2.16. The van der Waals surface area contributed by atoms with Crippen molar-refractivity contribution < 1.29 is 14.2 Å². The summed E-state index contributed by atoms with van der Waals surface area (Å²) in [4.78, 5) is 0. The number of ether oxygens (including phenoxy) is 3. The van der Waals surface area contributed by atoms with E-state index in [0.29, 0.717) is 23.7 Å². The van der Waals surface area contributed by atoms with Crippen LogP contribution in [0.25, 0.3) is 0 Å². The zero-order valence-corrected chi connectivity index (χ0v) is 10.5. The number of nitrogens with two attached hydrogens (primary N) is 1. The molecule has 0 aromatic heterocycles. The second-order valence-electron chi connectivity index (χ2n) is 3.58. The van der Waals surface area contributed by atoms with Crippen LogP contribution < -0.4 is 19.9 Å². The summed E-state index contributed by atoms with van der Waals surface area (Å²) in [7, 11) is 4.78. The Balaban J connectivity index is 3.22. The first-order valence-electron chi connectivity index (χ1n) is 5.34. The van der Waals surface area contributed by atoms with Gasteiger partial charge in [0.25, 0.3) is 0 Å². The lowest BCUT2D eigenvalue weighted by molar-refractivity contribution is 0.346. The monoisotopic (exact) mass is 237 g/mol. The smallest absolute Gasteiger partial charge is 0.164 e. The molecule has 0 aliphatic carbocycles. The largest absolute Gasteiger partial charge is 0.496 e. The van der Waals surface area contributed by atoms with Gasteiger partial charge in [-0.3, -0.25) is 0 Å². The predicted octanol–water partition coefficient (Wildman–Crippen LogP) is 2.29. The average Bonchev–Trinajstić information content (AvgIpc) is 2.37. The van der Waals surface area contributed by atoms with E-state index < -0.39 is 0 Å². The second-order valence-corrected chi connectivity index (χ2v) is 3.58. The Morgan fingerprint density at radius 2 is 1.65 bits per heavy atom. The van der Waals surface area contributed by atoms with E-state index in [1.807, 2.05) is 6.07 Å². The van der Waals surface area contributed by atoms with Crippen molar-refractivity contribution in [3.8, 4) is 17.2 Å². The molecule has 1 unspecified atom stereocenters. The fourth-order valence-electron chi connectivity index (χ4n) is 1.65. The van der Waals surface area contributed by atoms with E-state index in [1.54, 1.807) is 33.5 Å². The fourth-order valence-corrected chi connectivity index (χ4v) is 1.65. The van der Waals surface area contributed by atoms with Gasteiger partial charge in [-0.2, -0.15) is 0 Å². The molecule has 4 nitrogen and oxygen atoms in total. The maximum absolute atomic E-state index is 6.05. The molecule has 94 valence electrons. The molecule has 17 heavy (non-hydrogen) atoms.